The van der Waals surface area contributed by atoms with E-state index in [0.717, 1.165) is 23.5 Å². The number of carbonyl (C=O) groups excluding carboxylic acids is 1. The normalized spacial score (nSPS) is 26.8. The SMILES string of the molecule is C[C@H]1C[C@@H](c2nc(-c3ccc(-c4ccc(B5OC(C)(C)C(C)(C)O5)c5c4C4CCC5C4)cc3)c[nH]2)N(C(=O)OC(C)(C)C)C1. The van der Waals surface area contributed by atoms with Crippen molar-refractivity contribution < 1.29 is 18.8 Å². The van der Waals surface area contributed by atoms with Crippen LogP contribution in [-0.2, 0) is 14.0 Å². The molecule has 2 bridgehead atoms. The number of nitrogens with one attached hydrogen (secondary N) is 1. The summed E-state index contributed by atoms with van der Waals surface area (Å²) in [5, 5.41) is 0. The molecule has 2 aliphatic carbocycles. The summed E-state index contributed by atoms with van der Waals surface area (Å²) in [5.74, 6) is 2.38. The highest BCUT2D eigenvalue weighted by atomic mass is 16.7. The lowest BCUT2D eigenvalue weighted by Gasteiger charge is -2.32. The number of imidazole rings is 1. The fraction of sp³-hybridized carbons (Fsp3) is 0.556. The Morgan fingerprint density at radius 2 is 1.59 bits per heavy atom. The molecule has 7 nitrogen and oxygen atoms in total. The number of nitrogens with zero attached hydrogens (tertiary/aromatic N) is 2. The number of fused-ring (bicyclic) bond motifs is 5. The van der Waals surface area contributed by atoms with Gasteiger partial charge in [0, 0.05) is 18.3 Å². The molecule has 4 aliphatic rings. The molecule has 0 spiro atoms. The molecule has 3 fully saturated rings. The molecule has 2 unspecified atom stereocenters. The molecule has 3 heterocycles. The Labute approximate surface area is 262 Å². The van der Waals surface area contributed by atoms with Crippen molar-refractivity contribution in [2.75, 3.05) is 6.54 Å². The summed E-state index contributed by atoms with van der Waals surface area (Å²) in [5.41, 5.74) is 7.45. The van der Waals surface area contributed by atoms with Crippen molar-refractivity contribution in [3.05, 3.63) is 59.5 Å². The van der Waals surface area contributed by atoms with Crippen molar-refractivity contribution in [3.63, 3.8) is 0 Å². The molecule has 44 heavy (non-hydrogen) atoms. The molecule has 1 saturated carbocycles. The third-order valence-electron chi connectivity index (χ3n) is 10.6. The van der Waals surface area contributed by atoms with Crippen LogP contribution < -0.4 is 5.46 Å². The summed E-state index contributed by atoms with van der Waals surface area (Å²) < 4.78 is 18.7. The van der Waals surface area contributed by atoms with E-state index in [0.29, 0.717) is 24.3 Å². The first-order valence-electron chi connectivity index (χ1n) is 16.4. The second kappa shape index (κ2) is 10.2. The van der Waals surface area contributed by atoms with Crippen LogP contribution in [0, 0.1) is 5.92 Å². The van der Waals surface area contributed by atoms with E-state index in [9.17, 15) is 4.79 Å². The van der Waals surface area contributed by atoms with Crippen LogP contribution in [0.3, 0.4) is 0 Å². The Bertz CT molecular complexity index is 1570. The Morgan fingerprint density at radius 1 is 0.955 bits per heavy atom. The van der Waals surface area contributed by atoms with Crippen LogP contribution in [0.25, 0.3) is 22.4 Å². The van der Waals surface area contributed by atoms with Crippen molar-refractivity contribution in [3.8, 4) is 22.4 Å². The molecule has 1 N–H and O–H groups in total. The maximum absolute atomic E-state index is 13.0. The Balaban J connectivity index is 1.15. The zero-order valence-corrected chi connectivity index (χ0v) is 27.5. The summed E-state index contributed by atoms with van der Waals surface area (Å²) in [6.45, 7) is 17.1. The first-order chi connectivity index (χ1) is 20.7. The number of hydrogen-bond donors (Lipinski definition) is 1. The van der Waals surface area contributed by atoms with Gasteiger partial charge < -0.3 is 19.0 Å². The van der Waals surface area contributed by atoms with Crippen molar-refractivity contribution in [2.45, 2.75) is 116 Å². The van der Waals surface area contributed by atoms with Gasteiger partial charge in [-0.05, 0) is 120 Å². The van der Waals surface area contributed by atoms with E-state index in [2.05, 4.69) is 76.0 Å². The summed E-state index contributed by atoms with van der Waals surface area (Å²) in [6, 6.07) is 13.2. The molecule has 8 heteroatoms. The predicted molar refractivity (Wildman–Crippen MR) is 174 cm³/mol. The third-order valence-corrected chi connectivity index (χ3v) is 10.6. The maximum Gasteiger partial charge on any atom is 0.495 e. The minimum absolute atomic E-state index is 0.117. The van der Waals surface area contributed by atoms with Gasteiger partial charge in [0.2, 0.25) is 0 Å². The first kappa shape index (κ1) is 29.6. The van der Waals surface area contributed by atoms with Crippen LogP contribution >= 0.6 is 0 Å². The van der Waals surface area contributed by atoms with Crippen LogP contribution in [0.2, 0.25) is 0 Å². The zero-order valence-electron chi connectivity index (χ0n) is 27.5. The minimum atomic E-state index is -0.532. The number of H-pyrrole nitrogens is 1. The van der Waals surface area contributed by atoms with Gasteiger partial charge in [-0.2, -0.15) is 0 Å². The van der Waals surface area contributed by atoms with E-state index in [-0.39, 0.29) is 30.5 Å². The van der Waals surface area contributed by atoms with Gasteiger partial charge in [-0.3, -0.25) is 4.90 Å². The Hall–Kier alpha value is -3.10. The van der Waals surface area contributed by atoms with Crippen LogP contribution in [0.1, 0.15) is 116 Å². The van der Waals surface area contributed by atoms with Gasteiger partial charge >= 0.3 is 13.2 Å². The van der Waals surface area contributed by atoms with E-state index in [1.165, 1.54) is 47.0 Å². The van der Waals surface area contributed by atoms with E-state index >= 15 is 0 Å². The number of ether oxygens (including phenoxy) is 1. The third kappa shape index (κ3) is 4.98. The van der Waals surface area contributed by atoms with Crippen molar-refractivity contribution >= 4 is 18.7 Å². The van der Waals surface area contributed by atoms with Crippen LogP contribution in [0.4, 0.5) is 4.79 Å². The van der Waals surface area contributed by atoms with Crippen LogP contribution in [0.15, 0.2) is 42.6 Å². The second-order valence-electron chi connectivity index (χ2n) is 15.6. The number of carbonyl (C=O) groups is 1. The predicted octanol–water partition coefficient (Wildman–Crippen LogP) is 7.73. The topological polar surface area (TPSA) is 76.7 Å². The standard InChI is InChI=1S/C36H46BN3O4/c1-21-17-29(40(20-21)33(41)42-34(2,3)4)32-38-19-28(39-32)23-11-9-22(10-12-23)26-15-16-27(31-25-14-13-24(18-25)30(26)31)37-43-35(5,6)36(7,8)44-37/h9-12,15-16,19,21,24-25,29H,13-14,17-18,20H2,1-8H3,(H,38,39)/t21-,24?,25?,29-/m0/s1. The van der Waals surface area contributed by atoms with Gasteiger partial charge in [0.05, 0.1) is 22.9 Å². The molecular formula is C36H46BN3O4. The molecule has 2 saturated heterocycles. The molecule has 1 amide bonds. The fourth-order valence-corrected chi connectivity index (χ4v) is 7.79. The average molecular weight is 596 g/mol. The lowest BCUT2D eigenvalue weighted by Crippen LogP contribution is -2.41. The summed E-state index contributed by atoms with van der Waals surface area (Å²) in [6.07, 6.45) is 6.27. The van der Waals surface area contributed by atoms with E-state index in [4.69, 9.17) is 19.0 Å². The zero-order chi connectivity index (χ0) is 31.2. The molecule has 232 valence electrons. The largest absolute Gasteiger partial charge is 0.495 e. The molecule has 7 rings (SSSR count). The number of aromatic nitrogens is 2. The second-order valence-corrected chi connectivity index (χ2v) is 15.6. The molecular weight excluding hydrogens is 549 g/mol. The van der Waals surface area contributed by atoms with Gasteiger partial charge in [-0.1, -0.05) is 43.3 Å². The number of rotatable bonds is 4. The quantitative estimate of drug-likeness (QED) is 0.313. The minimum Gasteiger partial charge on any atom is -0.444 e. The molecule has 2 aromatic carbocycles. The monoisotopic (exact) mass is 595 g/mol. The van der Waals surface area contributed by atoms with Gasteiger partial charge in [0.25, 0.3) is 0 Å². The number of likely N-dealkylation sites (tertiary alicyclic amines) is 1. The van der Waals surface area contributed by atoms with Crippen LogP contribution in [-0.4, -0.2) is 51.4 Å². The smallest absolute Gasteiger partial charge is 0.444 e. The Morgan fingerprint density at radius 3 is 2.25 bits per heavy atom. The first-order valence-corrected chi connectivity index (χ1v) is 16.4. The van der Waals surface area contributed by atoms with Gasteiger partial charge in [0.1, 0.15) is 11.4 Å². The molecule has 0 radical (unpaired) electrons. The highest BCUT2D eigenvalue weighted by molar-refractivity contribution is 6.62. The van der Waals surface area contributed by atoms with Crippen molar-refractivity contribution in [2.24, 2.45) is 5.92 Å². The molecule has 3 aromatic rings. The lowest BCUT2D eigenvalue weighted by molar-refractivity contribution is 0.00578. The van der Waals surface area contributed by atoms with Crippen LogP contribution in [0.5, 0.6) is 0 Å². The molecule has 4 atom stereocenters. The fourth-order valence-electron chi connectivity index (χ4n) is 7.79. The Kier molecular flexibility index (Phi) is 6.87. The van der Waals surface area contributed by atoms with Crippen molar-refractivity contribution in [1.29, 1.82) is 0 Å². The number of benzene rings is 2. The average Bonchev–Trinajstić information content (AvgIpc) is 3.76. The number of amides is 1. The van der Waals surface area contributed by atoms with E-state index < -0.39 is 5.60 Å². The highest BCUT2D eigenvalue weighted by Gasteiger charge is 2.54. The van der Waals surface area contributed by atoms with E-state index in [1.54, 1.807) is 0 Å². The van der Waals surface area contributed by atoms with E-state index in [1.807, 2.05) is 31.9 Å². The van der Waals surface area contributed by atoms with Gasteiger partial charge in [0.15, 0.2) is 0 Å². The lowest BCUT2D eigenvalue weighted by atomic mass is 9.70. The summed E-state index contributed by atoms with van der Waals surface area (Å²) in [4.78, 5) is 23.1. The molecule has 1 aromatic heterocycles. The summed E-state index contributed by atoms with van der Waals surface area (Å²) in [7, 11) is -0.326. The van der Waals surface area contributed by atoms with Gasteiger partial charge in [-0.25, -0.2) is 9.78 Å². The van der Waals surface area contributed by atoms with Gasteiger partial charge in [-0.15, -0.1) is 0 Å². The van der Waals surface area contributed by atoms with Crippen molar-refractivity contribution in [1.82, 2.24) is 14.9 Å². The highest BCUT2D eigenvalue weighted by Crippen LogP contribution is 2.55. The maximum atomic E-state index is 13.0. The molecule has 2 aliphatic heterocycles. The number of hydrogen-bond acceptors (Lipinski definition) is 5. The summed E-state index contributed by atoms with van der Waals surface area (Å²) >= 11 is 0. The number of aromatic amines is 1.